The fourth-order valence-corrected chi connectivity index (χ4v) is 0.911. The third-order valence-electron chi connectivity index (χ3n) is 1.89. The fraction of sp³-hybridized carbons (Fsp3) is 0.500. The quantitative estimate of drug-likeness (QED) is 0.584. The van der Waals surface area contributed by atoms with Crippen LogP contribution in [0.2, 0.25) is 0 Å². The average Bonchev–Trinajstić information content (AvgIpc) is 2.06. The van der Waals surface area contributed by atoms with E-state index in [0.717, 1.165) is 17.0 Å². The van der Waals surface area contributed by atoms with Crippen LogP contribution in [-0.2, 0) is 0 Å². The Bertz CT molecular complexity index is 389. The van der Waals surface area contributed by atoms with Crippen molar-refractivity contribution in [1.29, 1.82) is 0 Å². The van der Waals surface area contributed by atoms with Crippen LogP contribution in [0.15, 0.2) is 6.33 Å². The molecule has 0 radical (unpaired) electrons. The van der Waals surface area contributed by atoms with Crippen LogP contribution < -0.4 is 0 Å². The topological polar surface area (TPSA) is 25.8 Å². The predicted molar refractivity (Wildman–Crippen MR) is 57.8 cm³/mol. The first-order chi connectivity index (χ1) is 6.40. The van der Waals surface area contributed by atoms with E-state index < -0.39 is 0 Å². The third kappa shape index (κ3) is 2.85. The van der Waals surface area contributed by atoms with Gasteiger partial charge in [0, 0.05) is 16.7 Å². The SMILES string of the molecule is Cc1ncnc(C#CC(C)(C)C)c1C. The molecule has 1 heterocycles. The summed E-state index contributed by atoms with van der Waals surface area (Å²) in [7, 11) is 0. The molecule has 0 bridgehead atoms. The van der Waals surface area contributed by atoms with Crippen LogP contribution in [0.1, 0.15) is 37.7 Å². The lowest BCUT2D eigenvalue weighted by Crippen LogP contribution is -2.01. The monoisotopic (exact) mass is 188 g/mol. The van der Waals surface area contributed by atoms with Crippen LogP contribution in [0.5, 0.6) is 0 Å². The molecular formula is C12H16N2. The van der Waals surface area contributed by atoms with Crippen LogP contribution in [-0.4, -0.2) is 9.97 Å². The van der Waals surface area contributed by atoms with Gasteiger partial charge >= 0.3 is 0 Å². The molecule has 1 aromatic rings. The smallest absolute Gasteiger partial charge is 0.119 e. The van der Waals surface area contributed by atoms with Gasteiger partial charge in [-0.1, -0.05) is 5.92 Å². The Morgan fingerprint density at radius 2 is 1.79 bits per heavy atom. The molecule has 2 nitrogen and oxygen atoms in total. The van der Waals surface area contributed by atoms with Crippen LogP contribution in [0, 0.1) is 31.1 Å². The van der Waals surface area contributed by atoms with Crippen molar-refractivity contribution in [1.82, 2.24) is 9.97 Å². The fourth-order valence-electron chi connectivity index (χ4n) is 0.911. The minimum atomic E-state index is 0.0191. The molecule has 0 aliphatic carbocycles. The van der Waals surface area contributed by atoms with Gasteiger partial charge < -0.3 is 0 Å². The molecule has 0 fully saturated rings. The van der Waals surface area contributed by atoms with Gasteiger partial charge in [-0.3, -0.25) is 0 Å². The summed E-state index contributed by atoms with van der Waals surface area (Å²) in [5, 5.41) is 0. The Kier molecular flexibility index (Phi) is 2.90. The molecule has 0 aromatic carbocycles. The van der Waals surface area contributed by atoms with E-state index in [1.54, 1.807) is 6.33 Å². The van der Waals surface area contributed by atoms with Gasteiger partial charge in [-0.25, -0.2) is 9.97 Å². The molecule has 74 valence electrons. The van der Waals surface area contributed by atoms with Gasteiger partial charge in [-0.2, -0.15) is 0 Å². The second kappa shape index (κ2) is 3.79. The molecule has 2 heteroatoms. The van der Waals surface area contributed by atoms with Gasteiger partial charge in [0.1, 0.15) is 12.0 Å². The molecule has 0 unspecified atom stereocenters. The predicted octanol–water partition coefficient (Wildman–Crippen LogP) is 2.49. The molecule has 1 aromatic heterocycles. The van der Waals surface area contributed by atoms with Gasteiger partial charge in [0.25, 0.3) is 0 Å². The molecule has 0 amide bonds. The maximum atomic E-state index is 4.16. The minimum absolute atomic E-state index is 0.0191. The summed E-state index contributed by atoms with van der Waals surface area (Å²) < 4.78 is 0. The summed E-state index contributed by atoms with van der Waals surface area (Å²) in [5.74, 6) is 6.26. The summed E-state index contributed by atoms with van der Waals surface area (Å²) in [5.41, 5.74) is 2.93. The van der Waals surface area contributed by atoms with E-state index in [-0.39, 0.29) is 5.41 Å². The van der Waals surface area contributed by atoms with E-state index in [4.69, 9.17) is 0 Å². The number of hydrogen-bond donors (Lipinski definition) is 0. The molecule has 0 saturated heterocycles. The Labute approximate surface area is 85.8 Å². The highest BCUT2D eigenvalue weighted by molar-refractivity contribution is 5.36. The molecule has 0 atom stereocenters. The summed E-state index contributed by atoms with van der Waals surface area (Å²) in [6.07, 6.45) is 1.56. The summed E-state index contributed by atoms with van der Waals surface area (Å²) in [6, 6.07) is 0. The van der Waals surface area contributed by atoms with Crippen molar-refractivity contribution < 1.29 is 0 Å². The lowest BCUT2D eigenvalue weighted by atomic mass is 9.97. The molecule has 0 saturated carbocycles. The maximum absolute atomic E-state index is 4.16. The van der Waals surface area contributed by atoms with Crippen molar-refractivity contribution in [2.75, 3.05) is 0 Å². The van der Waals surface area contributed by atoms with E-state index in [2.05, 4.69) is 42.6 Å². The van der Waals surface area contributed by atoms with Crippen LogP contribution >= 0.6 is 0 Å². The number of hydrogen-bond acceptors (Lipinski definition) is 2. The van der Waals surface area contributed by atoms with Gasteiger partial charge in [0.2, 0.25) is 0 Å². The van der Waals surface area contributed by atoms with Crippen molar-refractivity contribution >= 4 is 0 Å². The molecule has 14 heavy (non-hydrogen) atoms. The highest BCUT2D eigenvalue weighted by Crippen LogP contribution is 2.11. The first-order valence-electron chi connectivity index (χ1n) is 4.71. The zero-order chi connectivity index (χ0) is 10.8. The second-order valence-electron chi connectivity index (χ2n) is 4.43. The van der Waals surface area contributed by atoms with Crippen LogP contribution in [0.4, 0.5) is 0 Å². The van der Waals surface area contributed by atoms with E-state index >= 15 is 0 Å². The highest BCUT2D eigenvalue weighted by Gasteiger charge is 2.05. The van der Waals surface area contributed by atoms with Gasteiger partial charge in [-0.15, -0.1) is 0 Å². The van der Waals surface area contributed by atoms with Crippen molar-refractivity contribution in [2.45, 2.75) is 34.6 Å². The van der Waals surface area contributed by atoms with Crippen molar-refractivity contribution in [3.05, 3.63) is 23.3 Å². The number of aryl methyl sites for hydroxylation is 1. The molecule has 0 aliphatic heterocycles. The molecule has 0 spiro atoms. The Hall–Kier alpha value is -1.36. The Morgan fingerprint density at radius 3 is 2.36 bits per heavy atom. The summed E-state index contributed by atoms with van der Waals surface area (Å²) >= 11 is 0. The van der Waals surface area contributed by atoms with Crippen molar-refractivity contribution in [3.63, 3.8) is 0 Å². The largest absolute Gasteiger partial charge is 0.241 e. The van der Waals surface area contributed by atoms with E-state index in [0.29, 0.717) is 0 Å². The lowest BCUT2D eigenvalue weighted by molar-refractivity contribution is 0.571. The normalized spacial score (nSPS) is 10.6. The van der Waals surface area contributed by atoms with Crippen molar-refractivity contribution in [3.8, 4) is 11.8 Å². The first kappa shape index (κ1) is 10.7. The van der Waals surface area contributed by atoms with E-state index in [1.165, 1.54) is 0 Å². The number of rotatable bonds is 0. The van der Waals surface area contributed by atoms with Crippen molar-refractivity contribution in [2.24, 2.45) is 5.41 Å². The molecule has 0 aliphatic rings. The third-order valence-corrected chi connectivity index (χ3v) is 1.89. The summed E-state index contributed by atoms with van der Waals surface area (Å²) in [6.45, 7) is 10.2. The number of aromatic nitrogens is 2. The maximum Gasteiger partial charge on any atom is 0.119 e. The average molecular weight is 188 g/mol. The standard InChI is InChI=1S/C12H16N2/c1-9-10(2)13-8-14-11(9)6-7-12(3,4)5/h8H,1-5H3. The molecule has 1 rings (SSSR count). The number of nitrogens with zero attached hydrogens (tertiary/aromatic N) is 2. The zero-order valence-electron chi connectivity index (χ0n) is 9.47. The van der Waals surface area contributed by atoms with Gasteiger partial charge in [0.05, 0.1) is 0 Å². The minimum Gasteiger partial charge on any atom is -0.241 e. The van der Waals surface area contributed by atoms with E-state index in [9.17, 15) is 0 Å². The summed E-state index contributed by atoms with van der Waals surface area (Å²) in [4.78, 5) is 8.26. The van der Waals surface area contributed by atoms with E-state index in [1.807, 2.05) is 13.8 Å². The molecular weight excluding hydrogens is 172 g/mol. The van der Waals surface area contributed by atoms with Crippen LogP contribution in [0.25, 0.3) is 0 Å². The van der Waals surface area contributed by atoms with Crippen LogP contribution in [0.3, 0.4) is 0 Å². The Morgan fingerprint density at radius 1 is 1.14 bits per heavy atom. The lowest BCUT2D eigenvalue weighted by Gasteiger charge is -2.07. The first-order valence-corrected chi connectivity index (χ1v) is 4.71. The van der Waals surface area contributed by atoms with Gasteiger partial charge in [0.15, 0.2) is 0 Å². The highest BCUT2D eigenvalue weighted by atomic mass is 14.8. The zero-order valence-corrected chi connectivity index (χ0v) is 9.47. The molecule has 0 N–H and O–H groups in total. The second-order valence-corrected chi connectivity index (χ2v) is 4.43. The Balaban J connectivity index is 3.08. The van der Waals surface area contributed by atoms with Gasteiger partial charge in [-0.05, 0) is 40.5 Å².